The number of rotatable bonds is 4. The average Bonchev–Trinajstić information content (AvgIpc) is 3.30. The van der Waals surface area contributed by atoms with E-state index in [4.69, 9.17) is 15.0 Å². The van der Waals surface area contributed by atoms with Crippen molar-refractivity contribution in [2.75, 3.05) is 0 Å². The van der Waals surface area contributed by atoms with Gasteiger partial charge in [0, 0.05) is 22.1 Å². The van der Waals surface area contributed by atoms with E-state index in [0.29, 0.717) is 23.0 Å². The summed E-state index contributed by atoms with van der Waals surface area (Å²) < 4.78 is 0. The van der Waals surface area contributed by atoms with E-state index in [-0.39, 0.29) is 10.8 Å². The molecular weight excluding hydrogens is 560 g/mol. The third-order valence-electron chi connectivity index (χ3n) is 11.1. The fourth-order valence-electron chi connectivity index (χ4n) is 9.53. The average molecular weight is 601 g/mol. The van der Waals surface area contributed by atoms with Crippen LogP contribution >= 0.6 is 0 Å². The van der Waals surface area contributed by atoms with Crippen LogP contribution in [0.1, 0.15) is 82.1 Å². The summed E-state index contributed by atoms with van der Waals surface area (Å²) in [5, 5.41) is 9.64. The van der Waals surface area contributed by atoms with Crippen molar-refractivity contribution in [1.29, 1.82) is 5.26 Å². The zero-order chi connectivity index (χ0) is 31.6. The summed E-state index contributed by atoms with van der Waals surface area (Å²) in [6.07, 6.45) is 6.65. The number of aromatic nitrogens is 3. The summed E-state index contributed by atoms with van der Waals surface area (Å²) in [6.45, 7) is 9.42. The second-order valence-corrected chi connectivity index (χ2v) is 14.9. The van der Waals surface area contributed by atoms with E-state index in [1.165, 1.54) is 48.8 Å². The molecule has 2 bridgehead atoms. The van der Waals surface area contributed by atoms with Gasteiger partial charge in [-0.2, -0.15) is 5.26 Å². The molecule has 0 saturated heterocycles. The van der Waals surface area contributed by atoms with Crippen LogP contribution in [-0.2, 0) is 10.8 Å². The molecule has 4 heteroatoms. The fourth-order valence-corrected chi connectivity index (χ4v) is 9.53. The molecule has 2 fully saturated rings. The number of nitriles is 1. The van der Waals surface area contributed by atoms with Crippen molar-refractivity contribution in [3.8, 4) is 51.4 Å². The summed E-state index contributed by atoms with van der Waals surface area (Å²) in [5.41, 5.74) is 9.82. The Morgan fingerprint density at radius 1 is 0.652 bits per heavy atom. The van der Waals surface area contributed by atoms with Crippen molar-refractivity contribution in [3.63, 3.8) is 0 Å². The lowest BCUT2D eigenvalue weighted by molar-refractivity contribution is 0.0780. The molecule has 3 aliphatic carbocycles. The van der Waals surface area contributed by atoms with Gasteiger partial charge < -0.3 is 0 Å². The largest absolute Gasteiger partial charge is 0.208 e. The lowest BCUT2D eigenvalue weighted by Crippen LogP contribution is -2.42. The lowest BCUT2D eigenvalue weighted by atomic mass is 9.54. The molecule has 2 saturated carbocycles. The molecule has 5 aromatic rings. The standard InChI is InChI=1S/C42H40N4/c1-26-19-29-20-27(2)23-42(22-26,24-29)32-16-14-31(15-17-32)39-44-38(30-9-6-5-7-10-30)45-40(46-39)34-12-8-11-33-35-21-28(25-43)13-18-36(35)41(3,4)37(33)34/h5-18,21,26-27,29H,19-20,22-24H2,1-4H3/t26-,27+,29?,42?. The molecule has 8 rings (SSSR count). The van der Waals surface area contributed by atoms with Gasteiger partial charge in [0.1, 0.15) is 0 Å². The molecule has 4 aromatic carbocycles. The van der Waals surface area contributed by atoms with E-state index in [0.717, 1.165) is 45.6 Å². The van der Waals surface area contributed by atoms with E-state index in [1.807, 2.05) is 30.3 Å². The van der Waals surface area contributed by atoms with Crippen LogP contribution in [0.4, 0.5) is 0 Å². The van der Waals surface area contributed by atoms with Crippen LogP contribution in [0.15, 0.2) is 91.0 Å². The Balaban J connectivity index is 1.25. The Bertz CT molecular complexity index is 1980. The van der Waals surface area contributed by atoms with E-state index >= 15 is 0 Å². The number of nitrogens with zero attached hydrogens (tertiary/aromatic N) is 4. The maximum absolute atomic E-state index is 9.64. The van der Waals surface area contributed by atoms with Gasteiger partial charge in [-0.3, -0.25) is 0 Å². The van der Waals surface area contributed by atoms with E-state index in [9.17, 15) is 5.26 Å². The minimum Gasteiger partial charge on any atom is -0.208 e. The first-order valence-corrected chi connectivity index (χ1v) is 16.9. The second-order valence-electron chi connectivity index (χ2n) is 14.9. The first-order valence-electron chi connectivity index (χ1n) is 16.9. The minimum atomic E-state index is -0.276. The van der Waals surface area contributed by atoms with Crippen molar-refractivity contribution in [1.82, 2.24) is 15.0 Å². The van der Waals surface area contributed by atoms with Gasteiger partial charge in [-0.15, -0.1) is 0 Å². The molecule has 4 atom stereocenters. The molecule has 3 aliphatic rings. The highest BCUT2D eigenvalue weighted by Gasteiger charge is 2.45. The highest BCUT2D eigenvalue weighted by molar-refractivity contribution is 5.87. The summed E-state index contributed by atoms with van der Waals surface area (Å²) in [7, 11) is 0. The minimum absolute atomic E-state index is 0.276. The Morgan fingerprint density at radius 3 is 1.96 bits per heavy atom. The van der Waals surface area contributed by atoms with Crippen LogP contribution in [0.5, 0.6) is 0 Å². The second kappa shape index (κ2) is 10.7. The van der Waals surface area contributed by atoms with Crippen molar-refractivity contribution in [3.05, 3.63) is 113 Å². The molecule has 4 nitrogen and oxygen atoms in total. The van der Waals surface area contributed by atoms with E-state index in [2.05, 4.69) is 94.4 Å². The van der Waals surface area contributed by atoms with Crippen LogP contribution in [-0.4, -0.2) is 15.0 Å². The summed E-state index contributed by atoms with van der Waals surface area (Å²) >= 11 is 0. The summed E-state index contributed by atoms with van der Waals surface area (Å²) in [6, 6.07) is 34.2. The SMILES string of the molecule is C[C@@H]1CC2C[C@H](C)CC(c3ccc(-c4nc(-c5ccccc5)nc(-c5cccc6c5C(C)(C)c5ccc(C#N)cc5-6)n4)cc3)(C2)C1. The molecular formula is C42H40N4. The molecule has 1 aromatic heterocycles. The van der Waals surface area contributed by atoms with Gasteiger partial charge in [0.25, 0.3) is 0 Å². The number of benzene rings is 4. The van der Waals surface area contributed by atoms with Gasteiger partial charge in [0.05, 0.1) is 11.6 Å². The van der Waals surface area contributed by atoms with Crippen molar-refractivity contribution >= 4 is 0 Å². The quantitative estimate of drug-likeness (QED) is 0.206. The molecule has 0 spiro atoms. The van der Waals surface area contributed by atoms with Gasteiger partial charge in [0.15, 0.2) is 17.5 Å². The van der Waals surface area contributed by atoms with Gasteiger partial charge >= 0.3 is 0 Å². The van der Waals surface area contributed by atoms with Crippen molar-refractivity contribution < 1.29 is 0 Å². The van der Waals surface area contributed by atoms with Crippen molar-refractivity contribution in [2.24, 2.45) is 17.8 Å². The predicted octanol–water partition coefficient (Wildman–Crippen LogP) is 10.2. The number of fused-ring (bicyclic) bond motifs is 5. The normalized spacial score (nSPS) is 24.1. The van der Waals surface area contributed by atoms with E-state index in [1.54, 1.807) is 0 Å². The molecule has 228 valence electrons. The topological polar surface area (TPSA) is 62.5 Å². The maximum Gasteiger partial charge on any atom is 0.164 e. The molecule has 46 heavy (non-hydrogen) atoms. The molecule has 0 radical (unpaired) electrons. The summed E-state index contributed by atoms with van der Waals surface area (Å²) in [5.74, 6) is 4.44. The van der Waals surface area contributed by atoms with Crippen LogP contribution in [0, 0.1) is 29.1 Å². The summed E-state index contributed by atoms with van der Waals surface area (Å²) in [4.78, 5) is 15.4. The first-order chi connectivity index (χ1) is 22.2. The maximum atomic E-state index is 9.64. The fraction of sp³-hybridized carbons (Fsp3) is 0.333. The van der Waals surface area contributed by atoms with Crippen LogP contribution in [0.2, 0.25) is 0 Å². The molecule has 1 heterocycles. The monoisotopic (exact) mass is 600 g/mol. The van der Waals surface area contributed by atoms with Gasteiger partial charge in [0.2, 0.25) is 0 Å². The van der Waals surface area contributed by atoms with Gasteiger partial charge in [-0.25, -0.2) is 15.0 Å². The van der Waals surface area contributed by atoms with E-state index < -0.39 is 0 Å². The molecule has 0 aliphatic heterocycles. The van der Waals surface area contributed by atoms with Crippen molar-refractivity contribution in [2.45, 2.75) is 70.6 Å². The highest BCUT2D eigenvalue weighted by Crippen LogP contribution is 2.54. The third-order valence-corrected chi connectivity index (χ3v) is 11.1. The Hall–Kier alpha value is -4.62. The number of hydrogen-bond donors (Lipinski definition) is 0. The zero-order valence-corrected chi connectivity index (χ0v) is 27.2. The predicted molar refractivity (Wildman–Crippen MR) is 185 cm³/mol. The smallest absolute Gasteiger partial charge is 0.164 e. The van der Waals surface area contributed by atoms with Crippen LogP contribution < -0.4 is 0 Å². The number of hydrogen-bond acceptors (Lipinski definition) is 4. The van der Waals surface area contributed by atoms with Gasteiger partial charge in [-0.05, 0) is 95.2 Å². The van der Waals surface area contributed by atoms with Crippen LogP contribution in [0.25, 0.3) is 45.3 Å². The Labute approximate surface area is 272 Å². The zero-order valence-electron chi connectivity index (χ0n) is 27.2. The molecule has 2 unspecified atom stereocenters. The Morgan fingerprint density at radius 2 is 1.28 bits per heavy atom. The van der Waals surface area contributed by atoms with Gasteiger partial charge in [-0.1, -0.05) is 107 Å². The first kappa shape index (κ1) is 28.8. The third kappa shape index (κ3) is 4.68. The van der Waals surface area contributed by atoms with Crippen LogP contribution in [0.3, 0.4) is 0 Å². The highest BCUT2D eigenvalue weighted by atomic mass is 15.0. The molecule has 0 N–H and O–H groups in total. The molecule has 0 amide bonds. The lowest BCUT2D eigenvalue weighted by Gasteiger charge is -2.50. The Kier molecular flexibility index (Phi) is 6.73.